The number of methoxy groups -OCH3 is 1. The molecule has 0 atom stereocenters. The molecule has 0 unspecified atom stereocenters. The van der Waals surface area contributed by atoms with Crippen molar-refractivity contribution in [3.8, 4) is 5.75 Å². The summed E-state index contributed by atoms with van der Waals surface area (Å²) >= 11 is 0. The lowest BCUT2D eigenvalue weighted by atomic mass is 10.1. The van der Waals surface area contributed by atoms with Crippen molar-refractivity contribution in [1.29, 1.82) is 0 Å². The van der Waals surface area contributed by atoms with Crippen LogP contribution in [0.15, 0.2) is 18.5 Å². The summed E-state index contributed by atoms with van der Waals surface area (Å²) in [7, 11) is 1.66. The van der Waals surface area contributed by atoms with Gasteiger partial charge in [0.05, 0.1) is 25.2 Å². The molecular formula is C11H17N3O. The van der Waals surface area contributed by atoms with Crippen LogP contribution in [0.3, 0.4) is 0 Å². The minimum absolute atomic E-state index is 0.361. The van der Waals surface area contributed by atoms with Crippen LogP contribution in [-0.2, 0) is 0 Å². The van der Waals surface area contributed by atoms with Crippen LogP contribution in [0.2, 0.25) is 0 Å². The number of aromatic nitrogens is 1. The third-order valence-electron chi connectivity index (χ3n) is 2.84. The molecule has 0 spiro atoms. The third kappa shape index (κ3) is 2.39. The van der Waals surface area contributed by atoms with Crippen LogP contribution in [0.1, 0.15) is 12.8 Å². The van der Waals surface area contributed by atoms with Crippen LogP contribution in [0.4, 0.5) is 5.69 Å². The number of piperidine rings is 1. The summed E-state index contributed by atoms with van der Waals surface area (Å²) in [5.74, 6) is 0.808. The zero-order valence-electron chi connectivity index (χ0n) is 9.02. The maximum Gasteiger partial charge on any atom is 0.139 e. The summed E-state index contributed by atoms with van der Waals surface area (Å²) in [5, 5.41) is 0. The van der Waals surface area contributed by atoms with E-state index in [1.807, 2.05) is 12.3 Å². The predicted octanol–water partition coefficient (Wildman–Crippen LogP) is 1.02. The van der Waals surface area contributed by atoms with E-state index in [0.717, 1.165) is 37.4 Å². The number of anilines is 1. The van der Waals surface area contributed by atoms with Crippen molar-refractivity contribution in [2.24, 2.45) is 5.73 Å². The van der Waals surface area contributed by atoms with Crippen molar-refractivity contribution >= 4 is 5.69 Å². The highest BCUT2D eigenvalue weighted by atomic mass is 16.5. The Hall–Kier alpha value is -1.29. The van der Waals surface area contributed by atoms with Crippen LogP contribution < -0.4 is 15.4 Å². The topological polar surface area (TPSA) is 51.4 Å². The molecule has 1 aromatic heterocycles. The quantitative estimate of drug-likeness (QED) is 0.786. The molecule has 0 bridgehead atoms. The number of nitrogens with two attached hydrogens (primary N) is 1. The lowest BCUT2D eigenvalue weighted by Gasteiger charge is -2.31. The zero-order valence-corrected chi connectivity index (χ0v) is 9.02. The monoisotopic (exact) mass is 207 g/mol. The van der Waals surface area contributed by atoms with Gasteiger partial charge in [-0.15, -0.1) is 0 Å². The van der Waals surface area contributed by atoms with Crippen LogP contribution >= 0.6 is 0 Å². The molecule has 0 saturated carbocycles. The highest BCUT2D eigenvalue weighted by Gasteiger charge is 2.16. The second-order valence-electron chi connectivity index (χ2n) is 3.91. The van der Waals surface area contributed by atoms with Gasteiger partial charge in [-0.25, -0.2) is 0 Å². The second-order valence-corrected chi connectivity index (χ2v) is 3.91. The number of ether oxygens (including phenoxy) is 1. The first-order valence-electron chi connectivity index (χ1n) is 5.29. The van der Waals surface area contributed by atoms with E-state index in [9.17, 15) is 0 Å². The van der Waals surface area contributed by atoms with Crippen LogP contribution in [-0.4, -0.2) is 31.2 Å². The van der Waals surface area contributed by atoms with E-state index in [1.54, 1.807) is 13.3 Å². The number of hydrogen-bond acceptors (Lipinski definition) is 4. The van der Waals surface area contributed by atoms with E-state index < -0.39 is 0 Å². The molecule has 2 rings (SSSR count). The SMILES string of the molecule is COc1cncc(N2CCC(N)CC2)c1. The molecule has 0 aliphatic carbocycles. The Morgan fingerprint density at radius 3 is 2.80 bits per heavy atom. The smallest absolute Gasteiger partial charge is 0.139 e. The van der Waals surface area contributed by atoms with Gasteiger partial charge in [-0.3, -0.25) is 4.98 Å². The second kappa shape index (κ2) is 4.49. The Balaban J connectivity index is 2.08. The fourth-order valence-corrected chi connectivity index (χ4v) is 1.85. The van der Waals surface area contributed by atoms with Crippen molar-refractivity contribution in [1.82, 2.24) is 4.98 Å². The highest BCUT2D eigenvalue weighted by molar-refractivity contribution is 5.48. The average Bonchev–Trinajstić information content (AvgIpc) is 2.30. The molecule has 0 amide bonds. The van der Waals surface area contributed by atoms with Gasteiger partial charge in [0.25, 0.3) is 0 Å². The predicted molar refractivity (Wildman–Crippen MR) is 60.2 cm³/mol. The van der Waals surface area contributed by atoms with E-state index >= 15 is 0 Å². The first-order valence-corrected chi connectivity index (χ1v) is 5.29. The minimum atomic E-state index is 0.361. The molecule has 4 nitrogen and oxygen atoms in total. The van der Waals surface area contributed by atoms with Crippen molar-refractivity contribution in [2.45, 2.75) is 18.9 Å². The van der Waals surface area contributed by atoms with Gasteiger partial charge in [0, 0.05) is 25.2 Å². The molecule has 0 aromatic carbocycles. The molecular weight excluding hydrogens is 190 g/mol. The minimum Gasteiger partial charge on any atom is -0.495 e. The number of hydrogen-bond donors (Lipinski definition) is 1. The summed E-state index contributed by atoms with van der Waals surface area (Å²) in [6.45, 7) is 2.02. The van der Waals surface area contributed by atoms with Gasteiger partial charge < -0.3 is 15.4 Å². The first-order chi connectivity index (χ1) is 7.29. The molecule has 82 valence electrons. The maximum atomic E-state index is 5.86. The largest absolute Gasteiger partial charge is 0.495 e. The highest BCUT2D eigenvalue weighted by Crippen LogP contribution is 2.22. The zero-order chi connectivity index (χ0) is 10.7. The molecule has 15 heavy (non-hydrogen) atoms. The van der Waals surface area contributed by atoms with Gasteiger partial charge in [0.1, 0.15) is 5.75 Å². The maximum absolute atomic E-state index is 5.86. The average molecular weight is 207 g/mol. The molecule has 2 heterocycles. The van der Waals surface area contributed by atoms with E-state index in [0.29, 0.717) is 6.04 Å². The summed E-state index contributed by atoms with van der Waals surface area (Å²) in [6, 6.07) is 2.38. The van der Waals surface area contributed by atoms with Crippen LogP contribution in [0, 0.1) is 0 Å². The summed E-state index contributed by atoms with van der Waals surface area (Å²) < 4.78 is 5.15. The van der Waals surface area contributed by atoms with E-state index in [4.69, 9.17) is 10.5 Å². The Bertz CT molecular complexity index is 321. The Labute approximate surface area is 90.0 Å². The standard InChI is InChI=1S/C11H17N3O/c1-15-11-6-10(7-13-8-11)14-4-2-9(12)3-5-14/h6-9H,2-5,12H2,1H3. The van der Waals surface area contributed by atoms with Crippen molar-refractivity contribution < 1.29 is 4.74 Å². The molecule has 1 aliphatic rings. The first kappa shape index (κ1) is 10.2. The lowest BCUT2D eigenvalue weighted by Crippen LogP contribution is -2.39. The fraction of sp³-hybridized carbons (Fsp3) is 0.545. The summed E-state index contributed by atoms with van der Waals surface area (Å²) in [4.78, 5) is 6.46. The molecule has 0 radical (unpaired) electrons. The molecule has 1 aromatic rings. The number of nitrogens with zero attached hydrogens (tertiary/aromatic N) is 2. The fourth-order valence-electron chi connectivity index (χ4n) is 1.85. The lowest BCUT2D eigenvalue weighted by molar-refractivity contribution is 0.412. The Kier molecular flexibility index (Phi) is 3.06. The third-order valence-corrected chi connectivity index (χ3v) is 2.84. The van der Waals surface area contributed by atoms with Crippen molar-refractivity contribution in [3.63, 3.8) is 0 Å². The van der Waals surface area contributed by atoms with Gasteiger partial charge in [0.2, 0.25) is 0 Å². The van der Waals surface area contributed by atoms with E-state index in [-0.39, 0.29) is 0 Å². The molecule has 1 aliphatic heterocycles. The molecule has 4 heteroatoms. The van der Waals surface area contributed by atoms with Crippen molar-refractivity contribution in [3.05, 3.63) is 18.5 Å². The summed E-state index contributed by atoms with van der Waals surface area (Å²) in [6.07, 6.45) is 5.70. The van der Waals surface area contributed by atoms with E-state index in [2.05, 4.69) is 9.88 Å². The van der Waals surface area contributed by atoms with Gasteiger partial charge in [-0.1, -0.05) is 0 Å². The van der Waals surface area contributed by atoms with Gasteiger partial charge in [0.15, 0.2) is 0 Å². The van der Waals surface area contributed by atoms with Crippen molar-refractivity contribution in [2.75, 3.05) is 25.1 Å². The van der Waals surface area contributed by atoms with E-state index in [1.165, 1.54) is 0 Å². The van der Waals surface area contributed by atoms with Gasteiger partial charge in [-0.05, 0) is 12.8 Å². The number of rotatable bonds is 2. The normalized spacial score (nSPS) is 17.9. The van der Waals surface area contributed by atoms with Gasteiger partial charge >= 0.3 is 0 Å². The molecule has 1 saturated heterocycles. The molecule has 2 N–H and O–H groups in total. The Morgan fingerprint density at radius 1 is 1.40 bits per heavy atom. The molecule has 1 fully saturated rings. The number of pyridine rings is 1. The van der Waals surface area contributed by atoms with Gasteiger partial charge in [-0.2, -0.15) is 0 Å². The van der Waals surface area contributed by atoms with Crippen LogP contribution in [0.5, 0.6) is 5.75 Å². The summed E-state index contributed by atoms with van der Waals surface area (Å²) in [5.41, 5.74) is 6.99. The Morgan fingerprint density at radius 2 is 2.13 bits per heavy atom. The van der Waals surface area contributed by atoms with Crippen LogP contribution in [0.25, 0.3) is 0 Å².